The number of hydrogen-bond donors (Lipinski definition) is 5. The predicted molar refractivity (Wildman–Crippen MR) is 145 cm³/mol. The number of nitrogens with zero attached hydrogens (tertiary/aromatic N) is 3. The zero-order chi connectivity index (χ0) is 30.4. The molecule has 0 aliphatic carbocycles. The Morgan fingerprint density at radius 2 is 2.02 bits per heavy atom. The van der Waals surface area contributed by atoms with Crippen LogP contribution in [0.25, 0.3) is 0 Å². The van der Waals surface area contributed by atoms with Gasteiger partial charge in [0, 0.05) is 12.6 Å². The highest BCUT2D eigenvalue weighted by atomic mass is 19.1. The van der Waals surface area contributed by atoms with Crippen molar-refractivity contribution in [1.29, 1.82) is 0 Å². The number of benzene rings is 1. The van der Waals surface area contributed by atoms with Crippen molar-refractivity contribution in [3.05, 3.63) is 40.7 Å². The number of rotatable bonds is 13. The average molecular weight is 588 g/mol. The second kappa shape index (κ2) is 13.5. The van der Waals surface area contributed by atoms with Gasteiger partial charge in [-0.25, -0.2) is 9.18 Å². The maximum absolute atomic E-state index is 14.0. The topological polar surface area (TPSA) is 196 Å². The Balaban J connectivity index is 1.58. The molecule has 0 spiro atoms. The van der Waals surface area contributed by atoms with E-state index in [4.69, 9.17) is 4.74 Å². The molecule has 4 amide bonds. The lowest BCUT2D eigenvalue weighted by molar-refractivity contribution is -0.134. The minimum absolute atomic E-state index is 0.0387. The van der Waals surface area contributed by atoms with Crippen LogP contribution in [-0.2, 0) is 43.3 Å². The molecule has 14 nitrogen and oxygen atoms in total. The van der Waals surface area contributed by atoms with Gasteiger partial charge >= 0.3 is 5.97 Å². The smallest absolute Gasteiger partial charge is 0.335 e. The first kappa shape index (κ1) is 30.6. The van der Waals surface area contributed by atoms with Crippen LogP contribution >= 0.6 is 0 Å². The minimum Gasteiger partial charge on any atom is -0.478 e. The second-order valence-electron chi connectivity index (χ2n) is 10.3. The van der Waals surface area contributed by atoms with Gasteiger partial charge in [0.15, 0.2) is 0 Å². The van der Waals surface area contributed by atoms with Crippen molar-refractivity contribution in [2.24, 2.45) is 5.92 Å². The van der Waals surface area contributed by atoms with Crippen molar-refractivity contribution < 1.29 is 38.2 Å². The highest BCUT2D eigenvalue weighted by Crippen LogP contribution is 2.40. The molecule has 3 heterocycles. The first-order valence-corrected chi connectivity index (χ1v) is 13.7. The molecule has 0 unspecified atom stereocenters. The molecule has 15 heteroatoms. The Kier molecular flexibility index (Phi) is 9.83. The Morgan fingerprint density at radius 3 is 2.69 bits per heavy atom. The number of carboxylic acid groups (broad SMARTS) is 1. The standard InChI is InChI=1S/C27H34FN7O7/c1-3-14(2)22(32-21(36)13-42-7-6-28)25(38)31-19-5-4-15-8-17(27(40)41)9-16-10-20(35(23(15)16)26(19)39)24(37)29-11-18-12-30-34-33-18/h8-9,12,14,19-20,22H,3-7,10-11,13H2,1-2H3,(H,29,37)(H,31,38)(H,32,36)(H,40,41)(H,30,33,34)/t14-,19-,20-,22-/m0/s1. The van der Waals surface area contributed by atoms with Crippen LogP contribution in [0.1, 0.15) is 53.9 Å². The lowest BCUT2D eigenvalue weighted by atomic mass is 9.96. The molecule has 0 saturated heterocycles. The van der Waals surface area contributed by atoms with Crippen LogP contribution in [0.15, 0.2) is 18.3 Å². The third-order valence-corrected chi connectivity index (χ3v) is 7.52. The van der Waals surface area contributed by atoms with E-state index in [0.717, 1.165) is 0 Å². The van der Waals surface area contributed by atoms with Crippen molar-refractivity contribution >= 4 is 35.3 Å². The van der Waals surface area contributed by atoms with Gasteiger partial charge in [0.1, 0.15) is 37.1 Å². The molecule has 42 heavy (non-hydrogen) atoms. The molecule has 0 fully saturated rings. The quantitative estimate of drug-likeness (QED) is 0.201. The number of alkyl halides is 1. The van der Waals surface area contributed by atoms with Crippen LogP contribution in [0.4, 0.5) is 10.1 Å². The molecule has 2 aliphatic rings. The molecule has 226 valence electrons. The van der Waals surface area contributed by atoms with Crippen LogP contribution in [0, 0.1) is 5.92 Å². The van der Waals surface area contributed by atoms with Gasteiger partial charge in [-0.2, -0.15) is 0 Å². The summed E-state index contributed by atoms with van der Waals surface area (Å²) < 4.78 is 17.3. The van der Waals surface area contributed by atoms with Crippen LogP contribution in [0.5, 0.6) is 0 Å². The van der Waals surface area contributed by atoms with E-state index in [1.807, 2.05) is 6.92 Å². The summed E-state index contributed by atoms with van der Waals surface area (Å²) in [5.41, 5.74) is 2.12. The normalized spacial score (nSPS) is 18.9. The molecule has 1 aromatic heterocycles. The molecule has 0 bridgehead atoms. The van der Waals surface area contributed by atoms with Crippen LogP contribution in [-0.4, -0.2) is 88.1 Å². The fourth-order valence-electron chi connectivity index (χ4n) is 5.20. The summed E-state index contributed by atoms with van der Waals surface area (Å²) in [6, 6.07) is -0.0890. The molecule has 4 atom stereocenters. The number of nitrogens with one attached hydrogen (secondary N) is 4. The fraction of sp³-hybridized carbons (Fsp3) is 0.519. The van der Waals surface area contributed by atoms with E-state index >= 15 is 0 Å². The van der Waals surface area contributed by atoms with Gasteiger partial charge in [0.25, 0.3) is 0 Å². The highest BCUT2D eigenvalue weighted by molar-refractivity contribution is 6.08. The van der Waals surface area contributed by atoms with E-state index in [2.05, 4.69) is 31.4 Å². The Hall–Kier alpha value is -4.40. The van der Waals surface area contributed by atoms with Crippen LogP contribution in [0.2, 0.25) is 0 Å². The van der Waals surface area contributed by atoms with Gasteiger partial charge in [-0.05, 0) is 42.0 Å². The van der Waals surface area contributed by atoms with Gasteiger partial charge in [0.05, 0.1) is 24.4 Å². The second-order valence-corrected chi connectivity index (χ2v) is 10.3. The summed E-state index contributed by atoms with van der Waals surface area (Å²) in [5.74, 6) is -3.63. The molecule has 5 N–H and O–H groups in total. The number of hydrogen-bond acceptors (Lipinski definition) is 8. The fourth-order valence-corrected chi connectivity index (χ4v) is 5.20. The summed E-state index contributed by atoms with van der Waals surface area (Å²) in [4.78, 5) is 66.3. The van der Waals surface area contributed by atoms with Crippen LogP contribution in [0.3, 0.4) is 0 Å². The zero-order valence-electron chi connectivity index (χ0n) is 23.3. The molecule has 0 radical (unpaired) electrons. The first-order chi connectivity index (χ1) is 20.1. The summed E-state index contributed by atoms with van der Waals surface area (Å²) in [6.07, 6.45) is 2.55. The molecule has 4 rings (SSSR count). The minimum atomic E-state index is -1.14. The van der Waals surface area contributed by atoms with E-state index < -0.39 is 61.0 Å². The van der Waals surface area contributed by atoms with Gasteiger partial charge < -0.3 is 25.8 Å². The number of aromatic carboxylic acids is 1. The lowest BCUT2D eigenvalue weighted by Crippen LogP contribution is -2.58. The number of H-pyrrole nitrogens is 1. The number of halogens is 1. The van der Waals surface area contributed by atoms with Crippen molar-refractivity contribution in [1.82, 2.24) is 31.4 Å². The SMILES string of the molecule is CC[C@H](C)[C@H](NC(=O)COCCF)C(=O)N[C@H]1CCc2cc(C(=O)O)cc3c2N(C1=O)[C@H](C(=O)NCc1c[nH]nn1)C3. The molecule has 2 aliphatic heterocycles. The van der Waals surface area contributed by atoms with E-state index in [0.29, 0.717) is 28.9 Å². The molecular weight excluding hydrogens is 553 g/mol. The Bertz CT molecular complexity index is 1340. The third-order valence-electron chi connectivity index (χ3n) is 7.52. The Labute approximate surface area is 240 Å². The monoisotopic (exact) mass is 587 g/mol. The summed E-state index contributed by atoms with van der Waals surface area (Å²) in [6.45, 7) is 2.25. The van der Waals surface area contributed by atoms with E-state index in [1.54, 1.807) is 6.92 Å². The zero-order valence-corrected chi connectivity index (χ0v) is 23.3. The summed E-state index contributed by atoms with van der Waals surface area (Å²) in [5, 5.41) is 27.8. The molecular formula is C27H34FN7O7. The summed E-state index contributed by atoms with van der Waals surface area (Å²) in [7, 11) is 0. The van der Waals surface area contributed by atoms with E-state index in [-0.39, 0.29) is 43.9 Å². The first-order valence-electron chi connectivity index (χ1n) is 13.7. The number of anilines is 1. The van der Waals surface area contributed by atoms with Gasteiger partial charge in [0.2, 0.25) is 23.6 Å². The van der Waals surface area contributed by atoms with Crippen molar-refractivity contribution in [2.45, 2.75) is 64.2 Å². The maximum Gasteiger partial charge on any atom is 0.335 e. The number of carbonyl (C=O) groups is 5. The number of aromatic nitrogens is 3. The molecule has 0 saturated carbocycles. The average Bonchev–Trinajstić information content (AvgIpc) is 3.61. The molecule has 1 aromatic carbocycles. The lowest BCUT2D eigenvalue weighted by Gasteiger charge is -2.29. The predicted octanol–water partition coefficient (Wildman–Crippen LogP) is 0.0250. The largest absolute Gasteiger partial charge is 0.478 e. The van der Waals surface area contributed by atoms with E-state index in [1.165, 1.54) is 23.2 Å². The summed E-state index contributed by atoms with van der Waals surface area (Å²) >= 11 is 0. The number of aryl methyl sites for hydroxylation is 1. The number of ether oxygens (including phenoxy) is 1. The Morgan fingerprint density at radius 1 is 1.26 bits per heavy atom. The van der Waals surface area contributed by atoms with Gasteiger partial charge in [-0.3, -0.25) is 29.2 Å². The van der Waals surface area contributed by atoms with E-state index in [9.17, 15) is 33.5 Å². The highest BCUT2D eigenvalue weighted by Gasteiger charge is 2.45. The van der Waals surface area contributed by atoms with Gasteiger partial charge in [-0.15, -0.1) is 5.10 Å². The molecule has 2 aromatic rings. The third kappa shape index (κ3) is 6.73. The van der Waals surface area contributed by atoms with Crippen LogP contribution < -0.4 is 20.9 Å². The number of amides is 4. The number of carbonyl (C=O) groups excluding carboxylic acids is 4. The van der Waals surface area contributed by atoms with Gasteiger partial charge in [-0.1, -0.05) is 25.5 Å². The van der Waals surface area contributed by atoms with Crippen molar-refractivity contribution in [2.75, 3.05) is 24.8 Å². The number of aromatic amines is 1. The van der Waals surface area contributed by atoms with Crippen molar-refractivity contribution in [3.63, 3.8) is 0 Å². The number of carboxylic acids is 1. The maximum atomic E-state index is 14.0. The van der Waals surface area contributed by atoms with Crippen molar-refractivity contribution in [3.8, 4) is 0 Å².